The third kappa shape index (κ3) is 55.3. The van der Waals surface area contributed by atoms with Gasteiger partial charge in [0, 0.05) is 13.0 Å². The lowest BCUT2D eigenvalue weighted by atomic mass is 10.1. The van der Waals surface area contributed by atoms with Crippen molar-refractivity contribution in [2.24, 2.45) is 0 Å². The van der Waals surface area contributed by atoms with Crippen molar-refractivity contribution in [1.82, 2.24) is 0 Å². The molecule has 5 nitrogen and oxygen atoms in total. The molecule has 0 saturated heterocycles. The Morgan fingerprint density at radius 1 is 0.329 bits per heavy atom. The molecule has 0 fully saturated rings. The van der Waals surface area contributed by atoms with E-state index in [0.29, 0.717) is 13.0 Å². The molecule has 0 aliphatic heterocycles. The van der Waals surface area contributed by atoms with Crippen molar-refractivity contribution < 1.29 is 23.8 Å². The van der Waals surface area contributed by atoms with Crippen LogP contribution in [0.2, 0.25) is 0 Å². The fraction of sp³-hybridized carbons (Fsp3) is 0.477. The van der Waals surface area contributed by atoms with Crippen LogP contribution in [0.3, 0.4) is 0 Å². The Morgan fingerprint density at radius 2 is 0.643 bits per heavy atom. The number of hydrogen-bond donors (Lipinski definition) is 0. The van der Waals surface area contributed by atoms with Crippen molar-refractivity contribution in [3.8, 4) is 0 Å². The first-order valence-corrected chi connectivity index (χ1v) is 27.0. The Hall–Kier alpha value is -5.26. The molecule has 1 unspecified atom stereocenters. The van der Waals surface area contributed by atoms with Gasteiger partial charge in [0.2, 0.25) is 0 Å². The molecular weight excluding hydrogens is 861 g/mol. The van der Waals surface area contributed by atoms with E-state index in [1.165, 1.54) is 0 Å². The van der Waals surface area contributed by atoms with E-state index in [-0.39, 0.29) is 31.6 Å². The number of hydrogen-bond acceptors (Lipinski definition) is 5. The van der Waals surface area contributed by atoms with Crippen molar-refractivity contribution in [3.63, 3.8) is 0 Å². The van der Waals surface area contributed by atoms with E-state index in [9.17, 15) is 9.59 Å². The zero-order valence-corrected chi connectivity index (χ0v) is 44.2. The molecule has 0 heterocycles. The Bertz CT molecular complexity index is 1700. The van der Waals surface area contributed by atoms with E-state index >= 15 is 0 Å². The van der Waals surface area contributed by atoms with Crippen LogP contribution in [0.15, 0.2) is 194 Å². The van der Waals surface area contributed by atoms with Crippen molar-refractivity contribution in [1.29, 1.82) is 0 Å². The number of allylic oxidation sites excluding steroid dienone is 31. The minimum absolute atomic E-state index is 0.0105. The summed E-state index contributed by atoms with van der Waals surface area (Å²) in [6.07, 6.45) is 90.5. The van der Waals surface area contributed by atoms with Crippen LogP contribution in [-0.2, 0) is 23.8 Å². The summed E-state index contributed by atoms with van der Waals surface area (Å²) in [4.78, 5) is 25.4. The SMILES string of the molecule is CC/C=C\C/C=C\C/C=C\C/C=C\C/C=C\C/C=C\CCCOCC(COC(=O)CCCCC/C=C\C/C=C\C/C=C\C/C=C\C/C=C\CC)OC(=O)C/C=C\C/C=C\C/C=C\C/C=C\C/C=C\CC. The summed E-state index contributed by atoms with van der Waals surface area (Å²) in [6, 6.07) is 0. The van der Waals surface area contributed by atoms with Gasteiger partial charge >= 0.3 is 11.9 Å². The first-order valence-electron chi connectivity index (χ1n) is 27.0. The third-order valence-corrected chi connectivity index (χ3v) is 10.1. The lowest BCUT2D eigenvalue weighted by Gasteiger charge is -2.18. The van der Waals surface area contributed by atoms with E-state index in [2.05, 4.69) is 203 Å². The number of unbranched alkanes of at least 4 members (excludes halogenated alkanes) is 4. The molecule has 386 valence electrons. The van der Waals surface area contributed by atoms with Gasteiger partial charge in [-0.2, -0.15) is 0 Å². The standard InChI is InChI=1S/C65H96O5/c1-4-7-10-13-16-19-22-25-28-30-32-34-36-39-42-45-48-51-54-57-60-68-61-63(70-65(67)59-56-53-50-47-44-41-37-27-24-21-18-15-12-9-6-3)62-69-64(66)58-55-52-49-46-43-40-38-35-33-31-29-26-23-20-17-14-11-8-5-2/h7-12,16-21,25-29,32-35,37,39-40,42-44,47-48,51,53,56,63H,4-6,13-15,22-24,30-31,36,38,41,45-46,49-50,52,54-55,57-62H2,1-3H3/b10-7-,11-8-,12-9-,19-16-,20-17-,21-18-,28-25-,29-26-,34-32-,35-33-,37-27-,42-39-,43-40-,47-44-,51-48-,56-53-. The molecule has 0 amide bonds. The molecule has 0 spiro atoms. The highest BCUT2D eigenvalue weighted by atomic mass is 16.6. The summed E-state index contributed by atoms with van der Waals surface area (Å²) in [7, 11) is 0. The minimum Gasteiger partial charge on any atom is -0.462 e. The Kier molecular flexibility index (Phi) is 53.7. The molecule has 0 saturated carbocycles. The van der Waals surface area contributed by atoms with Crippen LogP contribution in [-0.4, -0.2) is 37.9 Å². The molecule has 0 radical (unpaired) electrons. The first kappa shape index (κ1) is 64.7. The largest absolute Gasteiger partial charge is 0.462 e. The molecule has 0 aliphatic carbocycles. The minimum atomic E-state index is -0.652. The number of carbonyl (C=O) groups is 2. The van der Waals surface area contributed by atoms with Gasteiger partial charge in [-0.3, -0.25) is 9.59 Å². The highest BCUT2D eigenvalue weighted by Crippen LogP contribution is 2.08. The number of rotatable bonds is 46. The van der Waals surface area contributed by atoms with Crippen LogP contribution in [0.5, 0.6) is 0 Å². The zero-order chi connectivity index (χ0) is 50.6. The quantitative estimate of drug-likeness (QED) is 0.0346. The maximum Gasteiger partial charge on any atom is 0.310 e. The van der Waals surface area contributed by atoms with Gasteiger partial charge in [-0.05, 0) is 135 Å². The summed E-state index contributed by atoms with van der Waals surface area (Å²) in [5.74, 6) is -0.634. The topological polar surface area (TPSA) is 61.8 Å². The molecule has 0 aliphatic rings. The van der Waals surface area contributed by atoms with Crippen LogP contribution in [0.25, 0.3) is 0 Å². The summed E-state index contributed by atoms with van der Waals surface area (Å²) in [5.41, 5.74) is 0. The van der Waals surface area contributed by atoms with Crippen molar-refractivity contribution in [2.45, 2.75) is 181 Å². The van der Waals surface area contributed by atoms with Crippen molar-refractivity contribution >= 4 is 11.9 Å². The fourth-order valence-electron chi connectivity index (χ4n) is 6.27. The zero-order valence-electron chi connectivity index (χ0n) is 44.2. The van der Waals surface area contributed by atoms with Gasteiger partial charge in [0.25, 0.3) is 0 Å². The maximum absolute atomic E-state index is 12.8. The van der Waals surface area contributed by atoms with Crippen LogP contribution in [0.1, 0.15) is 175 Å². The second kappa shape index (κ2) is 58.1. The normalized spacial score (nSPS) is 13.8. The second-order valence-corrected chi connectivity index (χ2v) is 16.6. The molecule has 0 aromatic carbocycles. The molecule has 0 aromatic heterocycles. The van der Waals surface area contributed by atoms with Crippen molar-refractivity contribution in [3.05, 3.63) is 194 Å². The molecule has 0 rings (SSSR count). The van der Waals surface area contributed by atoms with Crippen LogP contribution in [0, 0.1) is 0 Å². The molecule has 1 atom stereocenters. The van der Waals surface area contributed by atoms with E-state index in [0.717, 1.165) is 141 Å². The van der Waals surface area contributed by atoms with E-state index in [4.69, 9.17) is 14.2 Å². The molecule has 5 heteroatoms. The maximum atomic E-state index is 12.8. The number of ether oxygens (including phenoxy) is 3. The van der Waals surface area contributed by atoms with Gasteiger partial charge in [-0.1, -0.05) is 222 Å². The molecule has 70 heavy (non-hydrogen) atoms. The van der Waals surface area contributed by atoms with Gasteiger partial charge in [0.15, 0.2) is 6.10 Å². The molecule has 0 bridgehead atoms. The monoisotopic (exact) mass is 957 g/mol. The Morgan fingerprint density at radius 3 is 1.00 bits per heavy atom. The highest BCUT2D eigenvalue weighted by molar-refractivity contribution is 5.71. The van der Waals surface area contributed by atoms with Gasteiger partial charge in [-0.25, -0.2) is 0 Å². The highest BCUT2D eigenvalue weighted by Gasteiger charge is 2.17. The lowest BCUT2D eigenvalue weighted by Crippen LogP contribution is -2.29. The Balaban J connectivity index is 4.60. The van der Waals surface area contributed by atoms with E-state index in [1.54, 1.807) is 0 Å². The smallest absolute Gasteiger partial charge is 0.310 e. The third-order valence-electron chi connectivity index (χ3n) is 10.1. The van der Waals surface area contributed by atoms with Gasteiger partial charge in [-0.15, -0.1) is 0 Å². The summed E-state index contributed by atoms with van der Waals surface area (Å²) >= 11 is 0. The molecule has 0 N–H and O–H groups in total. The average molecular weight is 957 g/mol. The summed E-state index contributed by atoms with van der Waals surface area (Å²) in [6.45, 7) is 7.15. The number of esters is 2. The summed E-state index contributed by atoms with van der Waals surface area (Å²) in [5, 5.41) is 0. The molecule has 0 aromatic rings. The van der Waals surface area contributed by atoms with Gasteiger partial charge < -0.3 is 14.2 Å². The predicted octanol–water partition coefficient (Wildman–Crippen LogP) is 18.8. The summed E-state index contributed by atoms with van der Waals surface area (Å²) < 4.78 is 17.2. The lowest BCUT2D eigenvalue weighted by molar-refractivity contribution is -0.162. The number of carbonyl (C=O) groups excluding carboxylic acids is 2. The average Bonchev–Trinajstić information content (AvgIpc) is 3.36. The van der Waals surface area contributed by atoms with Crippen molar-refractivity contribution in [2.75, 3.05) is 19.8 Å². The Labute approximate surface area is 429 Å². The fourth-order valence-corrected chi connectivity index (χ4v) is 6.27. The van der Waals surface area contributed by atoms with Crippen LogP contribution in [0.4, 0.5) is 0 Å². The van der Waals surface area contributed by atoms with E-state index < -0.39 is 6.10 Å². The second-order valence-electron chi connectivity index (χ2n) is 16.6. The first-order chi connectivity index (χ1) is 34.6. The molecular formula is C65H96O5. The van der Waals surface area contributed by atoms with Gasteiger partial charge in [0.1, 0.15) is 6.61 Å². The van der Waals surface area contributed by atoms with Gasteiger partial charge in [0.05, 0.1) is 13.0 Å². The van der Waals surface area contributed by atoms with Crippen LogP contribution >= 0.6 is 0 Å². The van der Waals surface area contributed by atoms with Crippen LogP contribution < -0.4 is 0 Å². The predicted molar refractivity (Wildman–Crippen MR) is 306 cm³/mol. The van der Waals surface area contributed by atoms with E-state index in [1.807, 2.05) is 12.2 Å².